The Kier molecular flexibility index (Phi) is 3.74. The maximum Gasteiger partial charge on any atom is 0.291 e. The minimum Gasteiger partial charge on any atom is -0.341 e. The Morgan fingerprint density at radius 1 is 1.29 bits per heavy atom. The number of nitrogens with zero attached hydrogens (tertiary/aromatic N) is 2. The second-order valence-corrected chi connectivity index (χ2v) is 7.45. The molecule has 1 aromatic carbocycles. The average Bonchev–Trinajstić information content (AvgIpc) is 3.22. The van der Waals surface area contributed by atoms with E-state index in [1.165, 1.54) is 0 Å². The highest BCUT2D eigenvalue weighted by Crippen LogP contribution is 2.26. The van der Waals surface area contributed by atoms with Crippen LogP contribution < -0.4 is 5.32 Å². The Bertz CT molecular complexity index is 1000. The van der Waals surface area contributed by atoms with E-state index in [2.05, 4.69) is 20.2 Å². The van der Waals surface area contributed by atoms with Crippen molar-refractivity contribution in [3.63, 3.8) is 0 Å². The molecule has 0 atom stereocenters. The number of aryl methyl sites for hydroxylation is 1. The summed E-state index contributed by atoms with van der Waals surface area (Å²) in [6.07, 6.45) is 3.76. The highest BCUT2D eigenvalue weighted by molar-refractivity contribution is 8.27. The Labute approximate surface area is 146 Å². The molecule has 2 aromatic heterocycles. The number of aromatic nitrogens is 2. The average molecular weight is 355 g/mol. The summed E-state index contributed by atoms with van der Waals surface area (Å²) in [5, 5.41) is 6.18. The van der Waals surface area contributed by atoms with Gasteiger partial charge < -0.3 is 9.88 Å². The van der Waals surface area contributed by atoms with E-state index in [-0.39, 0.29) is 10.4 Å². The quantitative estimate of drug-likeness (QED) is 0.726. The third-order valence-corrected chi connectivity index (χ3v) is 5.30. The molecule has 0 radical (unpaired) electrons. The van der Waals surface area contributed by atoms with Gasteiger partial charge in [0, 0.05) is 34.2 Å². The number of carbonyl (C=O) groups is 2. The third kappa shape index (κ3) is 2.76. The lowest BCUT2D eigenvalue weighted by atomic mass is 10.1. The maximum absolute atomic E-state index is 11.8. The molecule has 7 heteroatoms. The molecule has 5 nitrogen and oxygen atoms in total. The summed E-state index contributed by atoms with van der Waals surface area (Å²) in [6.45, 7) is 2.70. The highest BCUT2D eigenvalue weighted by atomic mass is 32.2. The SMILES string of the molecule is Cc1nc(Cn2ccc3c(C=C4NC(=O)SC4=O)cccc32)cs1. The van der Waals surface area contributed by atoms with E-state index in [0.29, 0.717) is 24.0 Å². The van der Waals surface area contributed by atoms with Crippen molar-refractivity contribution in [2.24, 2.45) is 0 Å². The number of hydrogen-bond acceptors (Lipinski definition) is 5. The van der Waals surface area contributed by atoms with Gasteiger partial charge in [-0.2, -0.15) is 0 Å². The summed E-state index contributed by atoms with van der Waals surface area (Å²) in [5.74, 6) is 0. The molecule has 120 valence electrons. The van der Waals surface area contributed by atoms with Crippen molar-refractivity contribution in [3.8, 4) is 0 Å². The number of thiazole rings is 1. The number of fused-ring (bicyclic) bond motifs is 1. The van der Waals surface area contributed by atoms with Crippen LogP contribution >= 0.6 is 23.1 Å². The first-order valence-corrected chi connectivity index (χ1v) is 9.03. The highest BCUT2D eigenvalue weighted by Gasteiger charge is 2.25. The predicted molar refractivity (Wildman–Crippen MR) is 97.0 cm³/mol. The van der Waals surface area contributed by atoms with Crippen molar-refractivity contribution < 1.29 is 9.59 Å². The van der Waals surface area contributed by atoms with Gasteiger partial charge in [-0.15, -0.1) is 11.3 Å². The zero-order valence-electron chi connectivity index (χ0n) is 12.8. The van der Waals surface area contributed by atoms with Gasteiger partial charge in [-0.25, -0.2) is 4.98 Å². The molecule has 3 aromatic rings. The van der Waals surface area contributed by atoms with E-state index in [4.69, 9.17) is 0 Å². The normalized spacial score (nSPS) is 16.3. The second kappa shape index (κ2) is 5.92. The Morgan fingerprint density at radius 3 is 2.88 bits per heavy atom. The first kappa shape index (κ1) is 15.2. The summed E-state index contributed by atoms with van der Waals surface area (Å²) in [6, 6.07) is 7.96. The van der Waals surface area contributed by atoms with Crippen LogP contribution in [0.5, 0.6) is 0 Å². The molecule has 1 aliphatic rings. The Hall–Kier alpha value is -2.38. The van der Waals surface area contributed by atoms with Crippen LogP contribution in [-0.2, 0) is 11.3 Å². The lowest BCUT2D eigenvalue weighted by molar-refractivity contribution is -0.107. The molecular formula is C17H13N3O2S2. The molecule has 1 amide bonds. The number of nitrogens with one attached hydrogen (secondary N) is 1. The monoisotopic (exact) mass is 355 g/mol. The minimum absolute atomic E-state index is 0.241. The van der Waals surface area contributed by atoms with Gasteiger partial charge >= 0.3 is 0 Å². The molecule has 0 bridgehead atoms. The predicted octanol–water partition coefficient (Wildman–Crippen LogP) is 3.78. The Balaban J connectivity index is 1.73. The van der Waals surface area contributed by atoms with Crippen molar-refractivity contribution in [2.45, 2.75) is 13.5 Å². The van der Waals surface area contributed by atoms with Crippen LogP contribution in [0.1, 0.15) is 16.3 Å². The molecule has 1 N–H and O–H groups in total. The van der Waals surface area contributed by atoms with Gasteiger partial charge in [0.05, 0.1) is 22.9 Å². The molecule has 0 aliphatic carbocycles. The van der Waals surface area contributed by atoms with E-state index in [0.717, 1.165) is 27.2 Å². The van der Waals surface area contributed by atoms with Gasteiger partial charge in [0.1, 0.15) is 0 Å². The number of hydrogen-bond donors (Lipinski definition) is 1. The summed E-state index contributed by atoms with van der Waals surface area (Å²) >= 11 is 2.34. The number of rotatable bonds is 3. The van der Waals surface area contributed by atoms with Crippen LogP contribution in [0.4, 0.5) is 4.79 Å². The molecule has 3 heterocycles. The lowest BCUT2D eigenvalue weighted by Gasteiger charge is -2.04. The van der Waals surface area contributed by atoms with E-state index in [9.17, 15) is 9.59 Å². The summed E-state index contributed by atoms with van der Waals surface area (Å²) in [7, 11) is 0. The van der Waals surface area contributed by atoms with Gasteiger partial charge in [-0.1, -0.05) is 12.1 Å². The van der Waals surface area contributed by atoms with Crippen LogP contribution in [0, 0.1) is 6.92 Å². The van der Waals surface area contributed by atoms with E-state index >= 15 is 0 Å². The summed E-state index contributed by atoms with van der Waals surface area (Å²) in [5.41, 5.74) is 3.35. The molecule has 1 fully saturated rings. The van der Waals surface area contributed by atoms with Crippen molar-refractivity contribution in [2.75, 3.05) is 0 Å². The molecular weight excluding hydrogens is 342 g/mol. The van der Waals surface area contributed by atoms with E-state index in [1.807, 2.05) is 37.4 Å². The van der Waals surface area contributed by atoms with Crippen molar-refractivity contribution in [1.29, 1.82) is 0 Å². The van der Waals surface area contributed by atoms with Crippen LogP contribution in [-0.4, -0.2) is 19.9 Å². The van der Waals surface area contributed by atoms with Crippen LogP contribution in [0.15, 0.2) is 41.5 Å². The zero-order chi connectivity index (χ0) is 16.7. The van der Waals surface area contributed by atoms with Gasteiger partial charge in [0.25, 0.3) is 5.24 Å². The van der Waals surface area contributed by atoms with Crippen molar-refractivity contribution >= 4 is 50.4 Å². The number of amides is 1. The van der Waals surface area contributed by atoms with Gasteiger partial charge in [-0.05, 0) is 30.7 Å². The molecule has 4 rings (SSSR count). The molecule has 0 saturated carbocycles. The number of carbonyl (C=O) groups excluding carboxylic acids is 2. The molecule has 0 unspecified atom stereocenters. The van der Waals surface area contributed by atoms with Crippen LogP contribution in [0.3, 0.4) is 0 Å². The summed E-state index contributed by atoms with van der Waals surface area (Å²) in [4.78, 5) is 27.6. The lowest BCUT2D eigenvalue weighted by Crippen LogP contribution is -2.10. The second-order valence-electron chi connectivity index (χ2n) is 5.44. The van der Waals surface area contributed by atoms with Gasteiger partial charge in [0.2, 0.25) is 5.12 Å². The fourth-order valence-corrected chi connectivity index (χ4v) is 3.90. The van der Waals surface area contributed by atoms with Gasteiger partial charge in [0.15, 0.2) is 0 Å². The fraction of sp³-hybridized carbons (Fsp3) is 0.118. The minimum atomic E-state index is -0.324. The molecule has 1 aliphatic heterocycles. The largest absolute Gasteiger partial charge is 0.341 e. The third-order valence-electron chi connectivity index (χ3n) is 3.79. The number of thioether (sulfide) groups is 1. The number of benzene rings is 1. The van der Waals surface area contributed by atoms with Crippen molar-refractivity contribution in [3.05, 3.63) is 57.8 Å². The van der Waals surface area contributed by atoms with Gasteiger partial charge in [-0.3, -0.25) is 9.59 Å². The van der Waals surface area contributed by atoms with Crippen LogP contribution in [0.2, 0.25) is 0 Å². The van der Waals surface area contributed by atoms with E-state index < -0.39 is 0 Å². The first-order chi connectivity index (χ1) is 11.6. The summed E-state index contributed by atoms with van der Waals surface area (Å²) < 4.78 is 2.13. The first-order valence-electron chi connectivity index (χ1n) is 7.34. The molecule has 0 spiro atoms. The zero-order valence-corrected chi connectivity index (χ0v) is 14.4. The van der Waals surface area contributed by atoms with E-state index in [1.54, 1.807) is 17.4 Å². The standard InChI is InChI=1S/C17H13N3O2S2/c1-10-18-12(9-23-10)8-20-6-5-13-11(3-2-4-15(13)20)7-14-16(21)24-17(22)19-14/h2-7,9H,8H2,1H3,(H,19,22). The maximum atomic E-state index is 11.8. The van der Waals surface area contributed by atoms with Crippen molar-refractivity contribution in [1.82, 2.24) is 14.9 Å². The molecule has 24 heavy (non-hydrogen) atoms. The topological polar surface area (TPSA) is 64.0 Å². The molecule has 1 saturated heterocycles. The van der Waals surface area contributed by atoms with Crippen LogP contribution in [0.25, 0.3) is 17.0 Å². The fourth-order valence-electron chi connectivity index (χ4n) is 2.74. The Morgan fingerprint density at radius 2 is 2.17 bits per heavy atom. The smallest absolute Gasteiger partial charge is 0.291 e.